The second-order valence-corrected chi connectivity index (χ2v) is 11.2. The molecule has 0 radical (unpaired) electrons. The molecule has 9 heteroatoms. The van der Waals surface area contributed by atoms with Gasteiger partial charge in [0.1, 0.15) is 11.3 Å². The Hall–Kier alpha value is -2.49. The third-order valence-corrected chi connectivity index (χ3v) is 8.91. The van der Waals surface area contributed by atoms with Crippen molar-refractivity contribution < 1.29 is 17.9 Å². The third-order valence-electron chi connectivity index (χ3n) is 5.88. The molecule has 0 N–H and O–H groups in total. The SMILES string of the molecule is CCN(CC)CCN(C(=O)CCCS(=O)(=O)c1ccccc1)c1nc2c(OC)ccc(C)c2s1. The van der Waals surface area contributed by atoms with E-state index in [2.05, 4.69) is 18.7 Å². The van der Waals surface area contributed by atoms with Crippen molar-refractivity contribution in [2.45, 2.75) is 38.5 Å². The average molecular weight is 504 g/mol. The molecule has 1 amide bonds. The van der Waals surface area contributed by atoms with Gasteiger partial charge >= 0.3 is 0 Å². The topological polar surface area (TPSA) is 79.8 Å². The number of ether oxygens (including phenoxy) is 1. The molecule has 7 nitrogen and oxygen atoms in total. The van der Waals surface area contributed by atoms with Crippen molar-refractivity contribution in [3.8, 4) is 5.75 Å². The highest BCUT2D eigenvalue weighted by Crippen LogP contribution is 2.36. The summed E-state index contributed by atoms with van der Waals surface area (Å²) < 4.78 is 31.7. The van der Waals surface area contributed by atoms with E-state index in [1.165, 1.54) is 11.3 Å². The van der Waals surface area contributed by atoms with Gasteiger partial charge in [-0.05, 0) is 50.2 Å². The van der Waals surface area contributed by atoms with E-state index in [9.17, 15) is 13.2 Å². The lowest BCUT2D eigenvalue weighted by molar-refractivity contribution is -0.118. The van der Waals surface area contributed by atoms with Crippen molar-refractivity contribution in [2.24, 2.45) is 0 Å². The van der Waals surface area contributed by atoms with Crippen LogP contribution >= 0.6 is 11.3 Å². The standard InChI is InChI=1S/C25H33N3O4S2/c1-5-27(6-2)16-17-28(25-26-23-21(32-4)15-14-19(3)24(23)33-25)22(29)13-10-18-34(30,31)20-11-8-7-9-12-20/h7-9,11-12,14-15H,5-6,10,13,16-18H2,1-4H3. The summed E-state index contributed by atoms with van der Waals surface area (Å²) in [5, 5.41) is 0.616. The Bertz CT molecular complexity index is 1210. The lowest BCUT2D eigenvalue weighted by atomic mass is 10.2. The van der Waals surface area contributed by atoms with Crippen molar-refractivity contribution in [2.75, 3.05) is 43.9 Å². The number of rotatable bonds is 12. The predicted molar refractivity (Wildman–Crippen MR) is 139 cm³/mol. The van der Waals surface area contributed by atoms with E-state index in [4.69, 9.17) is 9.72 Å². The normalized spacial score (nSPS) is 11.8. The van der Waals surface area contributed by atoms with Gasteiger partial charge in [0.15, 0.2) is 15.0 Å². The number of methoxy groups -OCH3 is 1. The average Bonchev–Trinajstić information content (AvgIpc) is 3.28. The zero-order valence-corrected chi connectivity index (χ0v) is 21.9. The maximum Gasteiger partial charge on any atom is 0.228 e. The number of anilines is 1. The maximum absolute atomic E-state index is 13.3. The first-order valence-corrected chi connectivity index (χ1v) is 14.0. The first kappa shape index (κ1) is 26.1. The van der Waals surface area contributed by atoms with E-state index >= 15 is 0 Å². The zero-order chi connectivity index (χ0) is 24.7. The maximum atomic E-state index is 13.3. The van der Waals surface area contributed by atoms with Crippen molar-refractivity contribution in [1.82, 2.24) is 9.88 Å². The van der Waals surface area contributed by atoms with Crippen LogP contribution in [0.5, 0.6) is 5.75 Å². The number of benzene rings is 2. The molecule has 184 valence electrons. The summed E-state index contributed by atoms with van der Waals surface area (Å²) in [6.07, 6.45) is 0.390. The van der Waals surface area contributed by atoms with Crippen LogP contribution in [0.2, 0.25) is 0 Å². The Morgan fingerprint density at radius 3 is 2.41 bits per heavy atom. The molecule has 3 rings (SSSR count). The number of likely N-dealkylation sites (N-methyl/N-ethyl adjacent to an activating group) is 1. The highest BCUT2D eigenvalue weighted by Gasteiger charge is 2.23. The largest absolute Gasteiger partial charge is 0.494 e. The second kappa shape index (κ2) is 11.8. The van der Waals surface area contributed by atoms with Crippen LogP contribution in [-0.2, 0) is 14.6 Å². The van der Waals surface area contributed by atoms with Crippen LogP contribution in [-0.4, -0.2) is 63.3 Å². The Balaban J connectivity index is 1.81. The highest BCUT2D eigenvalue weighted by molar-refractivity contribution is 7.91. The number of aryl methyl sites for hydroxylation is 1. The van der Waals surface area contributed by atoms with E-state index in [0.29, 0.717) is 24.0 Å². The van der Waals surface area contributed by atoms with Crippen LogP contribution in [0.1, 0.15) is 32.3 Å². The van der Waals surface area contributed by atoms with Gasteiger partial charge in [-0.15, -0.1) is 0 Å². The molecule has 0 atom stereocenters. The molecule has 0 saturated carbocycles. The summed E-state index contributed by atoms with van der Waals surface area (Å²) in [6, 6.07) is 12.2. The summed E-state index contributed by atoms with van der Waals surface area (Å²) in [4.78, 5) is 22.3. The number of amides is 1. The van der Waals surface area contributed by atoms with Crippen LogP contribution in [0, 0.1) is 6.92 Å². The molecule has 0 aliphatic heterocycles. The first-order chi connectivity index (χ1) is 16.3. The van der Waals surface area contributed by atoms with Crippen molar-refractivity contribution in [3.63, 3.8) is 0 Å². The number of carbonyl (C=O) groups is 1. The number of sulfone groups is 1. The van der Waals surface area contributed by atoms with Gasteiger partial charge in [0.25, 0.3) is 0 Å². The molecule has 2 aromatic carbocycles. The number of hydrogen-bond donors (Lipinski definition) is 0. The number of fused-ring (bicyclic) bond motifs is 1. The fourth-order valence-corrected chi connectivity index (χ4v) is 6.21. The molecule has 1 aromatic heterocycles. The van der Waals surface area contributed by atoms with Gasteiger partial charge in [-0.25, -0.2) is 13.4 Å². The molecule has 0 fully saturated rings. The molecule has 1 heterocycles. The Morgan fingerprint density at radius 1 is 1.06 bits per heavy atom. The predicted octanol–water partition coefficient (Wildman–Crippen LogP) is 4.54. The fraction of sp³-hybridized carbons (Fsp3) is 0.440. The monoisotopic (exact) mass is 503 g/mol. The molecular weight excluding hydrogens is 470 g/mol. The molecule has 0 unspecified atom stereocenters. The minimum Gasteiger partial charge on any atom is -0.494 e. The molecule has 0 spiro atoms. The summed E-state index contributed by atoms with van der Waals surface area (Å²) in [7, 11) is -1.81. The smallest absolute Gasteiger partial charge is 0.228 e. The van der Waals surface area contributed by atoms with E-state index in [1.807, 2.05) is 19.1 Å². The summed E-state index contributed by atoms with van der Waals surface area (Å²) >= 11 is 1.47. The van der Waals surface area contributed by atoms with Crippen molar-refractivity contribution in [3.05, 3.63) is 48.0 Å². The van der Waals surface area contributed by atoms with Crippen LogP contribution in [0.3, 0.4) is 0 Å². The van der Waals surface area contributed by atoms with Gasteiger partial charge < -0.3 is 9.64 Å². The molecular formula is C25H33N3O4S2. The van der Waals surface area contributed by atoms with Gasteiger partial charge in [-0.1, -0.05) is 49.4 Å². The minimum atomic E-state index is -3.42. The van der Waals surface area contributed by atoms with E-state index in [-0.39, 0.29) is 29.4 Å². The molecule has 0 aliphatic rings. The third kappa shape index (κ3) is 6.14. The Labute approximate surface area is 206 Å². The van der Waals surface area contributed by atoms with E-state index in [1.54, 1.807) is 42.3 Å². The van der Waals surface area contributed by atoms with Crippen molar-refractivity contribution >= 4 is 42.4 Å². The number of carbonyl (C=O) groups excluding carboxylic acids is 1. The van der Waals surface area contributed by atoms with Gasteiger partial charge in [0.05, 0.1) is 22.5 Å². The van der Waals surface area contributed by atoms with Crippen LogP contribution < -0.4 is 9.64 Å². The second-order valence-electron chi connectivity index (χ2n) is 8.07. The van der Waals surface area contributed by atoms with Gasteiger partial charge in [-0.3, -0.25) is 9.69 Å². The Morgan fingerprint density at radius 2 is 1.76 bits per heavy atom. The first-order valence-electron chi connectivity index (χ1n) is 11.5. The minimum absolute atomic E-state index is 0.0700. The van der Waals surface area contributed by atoms with E-state index < -0.39 is 9.84 Å². The molecule has 3 aromatic rings. The van der Waals surface area contributed by atoms with Gasteiger partial charge in [0, 0.05) is 19.5 Å². The van der Waals surface area contributed by atoms with E-state index in [0.717, 1.165) is 28.9 Å². The zero-order valence-electron chi connectivity index (χ0n) is 20.3. The molecule has 34 heavy (non-hydrogen) atoms. The number of thiazole rings is 1. The Kier molecular flexibility index (Phi) is 9.04. The van der Waals surface area contributed by atoms with Crippen LogP contribution in [0.15, 0.2) is 47.4 Å². The summed E-state index contributed by atoms with van der Waals surface area (Å²) in [5.74, 6) is 0.485. The van der Waals surface area contributed by atoms with Crippen LogP contribution in [0.4, 0.5) is 5.13 Å². The summed E-state index contributed by atoms with van der Waals surface area (Å²) in [6.45, 7) is 9.19. The lowest BCUT2D eigenvalue weighted by Gasteiger charge is -2.24. The fourth-order valence-electron chi connectivity index (χ4n) is 3.78. The van der Waals surface area contributed by atoms with Crippen molar-refractivity contribution in [1.29, 1.82) is 0 Å². The molecule has 0 bridgehead atoms. The molecule has 0 aliphatic carbocycles. The summed E-state index contributed by atoms with van der Waals surface area (Å²) in [5.41, 5.74) is 1.82. The quantitative estimate of drug-likeness (QED) is 0.361. The lowest BCUT2D eigenvalue weighted by Crippen LogP contribution is -2.38. The number of aromatic nitrogens is 1. The molecule has 0 saturated heterocycles. The number of nitrogens with zero attached hydrogens (tertiary/aromatic N) is 3. The van der Waals surface area contributed by atoms with Crippen LogP contribution in [0.25, 0.3) is 10.2 Å². The van der Waals surface area contributed by atoms with Gasteiger partial charge in [-0.2, -0.15) is 0 Å². The van der Waals surface area contributed by atoms with Gasteiger partial charge in [0.2, 0.25) is 5.91 Å². The highest BCUT2D eigenvalue weighted by atomic mass is 32.2. The number of hydrogen-bond acceptors (Lipinski definition) is 7.